The number of aliphatic hydroxyl groups excluding tert-OH is 1. The molecule has 1 aliphatic carbocycles. The molecule has 0 aromatic carbocycles. The van der Waals surface area contributed by atoms with Crippen molar-refractivity contribution in [1.29, 1.82) is 0 Å². The second-order valence-corrected chi connectivity index (χ2v) is 6.21. The summed E-state index contributed by atoms with van der Waals surface area (Å²) in [7, 11) is 1.29. The molecule has 1 heterocycles. The molecule has 0 radical (unpaired) electrons. The number of hydrogen-bond donors (Lipinski definition) is 1. The number of piperidine rings is 1. The maximum Gasteiger partial charge on any atom is 0.411 e. The maximum absolute atomic E-state index is 12.2. The zero-order valence-electron chi connectivity index (χ0n) is 11.8. The number of ether oxygens (including phenoxy) is 2. The fourth-order valence-electron chi connectivity index (χ4n) is 3.01. The van der Waals surface area contributed by atoms with Gasteiger partial charge >= 0.3 is 12.1 Å². The highest BCUT2D eigenvalue weighted by Crippen LogP contribution is 2.43. The highest BCUT2D eigenvalue weighted by atomic mass is 16.6. The Morgan fingerprint density at radius 3 is 2.42 bits per heavy atom. The van der Waals surface area contributed by atoms with Crippen LogP contribution in [0.4, 0.5) is 4.79 Å². The molecule has 2 bridgehead atoms. The van der Waals surface area contributed by atoms with Crippen LogP contribution in [0.3, 0.4) is 0 Å². The minimum absolute atomic E-state index is 0.140. The van der Waals surface area contributed by atoms with E-state index >= 15 is 0 Å². The molecule has 4 atom stereocenters. The maximum atomic E-state index is 12.2. The number of methoxy groups -OCH3 is 1. The number of likely N-dealkylation sites (tertiary alicyclic amines) is 1. The van der Waals surface area contributed by atoms with Gasteiger partial charge in [-0.15, -0.1) is 0 Å². The summed E-state index contributed by atoms with van der Waals surface area (Å²) in [6, 6.07) is -0.868. The van der Waals surface area contributed by atoms with E-state index in [-0.39, 0.29) is 12.0 Å². The molecule has 1 saturated carbocycles. The van der Waals surface area contributed by atoms with Gasteiger partial charge in [0.15, 0.2) is 0 Å². The predicted octanol–water partition coefficient (Wildman–Crippen LogP) is 0.918. The van der Waals surface area contributed by atoms with E-state index in [0.717, 1.165) is 0 Å². The molecule has 2 fully saturated rings. The predicted molar refractivity (Wildman–Crippen MR) is 66.4 cm³/mol. The van der Waals surface area contributed by atoms with Crippen LogP contribution in [0.5, 0.6) is 0 Å². The average Bonchev–Trinajstić information content (AvgIpc) is 2.81. The Morgan fingerprint density at radius 1 is 1.26 bits per heavy atom. The molecule has 1 amide bonds. The second-order valence-electron chi connectivity index (χ2n) is 6.21. The first kappa shape index (κ1) is 14.1. The molecule has 0 aromatic heterocycles. The summed E-state index contributed by atoms with van der Waals surface area (Å²) in [4.78, 5) is 25.5. The lowest BCUT2D eigenvalue weighted by Crippen LogP contribution is -2.54. The molecule has 1 aliphatic heterocycles. The van der Waals surface area contributed by atoms with Crippen LogP contribution in [-0.4, -0.2) is 53.0 Å². The molecule has 6 heteroatoms. The Balaban J connectivity index is 2.19. The Labute approximate surface area is 112 Å². The van der Waals surface area contributed by atoms with Crippen molar-refractivity contribution in [3.8, 4) is 0 Å². The molecule has 0 aromatic rings. The molecule has 2 aliphatic rings. The standard InChI is InChI=1S/C13H21NO5/c1-13(2,3)19-12(17)14-7-5-8(9(15)6-7)10(14)11(16)18-4/h7-10,15H,5-6H2,1-4H3/t7-,8+,9?,10-/m0/s1. The number of esters is 1. The van der Waals surface area contributed by atoms with E-state index in [9.17, 15) is 14.7 Å². The van der Waals surface area contributed by atoms with E-state index in [2.05, 4.69) is 0 Å². The Hall–Kier alpha value is -1.30. The van der Waals surface area contributed by atoms with E-state index in [1.807, 2.05) is 0 Å². The summed E-state index contributed by atoms with van der Waals surface area (Å²) in [5, 5.41) is 9.88. The van der Waals surface area contributed by atoms with E-state index in [1.54, 1.807) is 20.8 Å². The first-order chi connectivity index (χ1) is 8.74. The van der Waals surface area contributed by atoms with Gasteiger partial charge in [-0.1, -0.05) is 0 Å². The number of carbonyl (C=O) groups excluding carboxylic acids is 2. The average molecular weight is 271 g/mol. The van der Waals surface area contributed by atoms with E-state index in [1.165, 1.54) is 12.0 Å². The lowest BCUT2D eigenvalue weighted by molar-refractivity contribution is -0.150. The van der Waals surface area contributed by atoms with Crippen LogP contribution in [0.2, 0.25) is 0 Å². The van der Waals surface area contributed by atoms with Crippen molar-refractivity contribution in [2.45, 2.75) is 57.4 Å². The summed E-state index contributed by atoms with van der Waals surface area (Å²) >= 11 is 0. The molecule has 108 valence electrons. The minimum atomic E-state index is -0.728. The van der Waals surface area contributed by atoms with Crippen LogP contribution in [0.1, 0.15) is 33.6 Å². The van der Waals surface area contributed by atoms with E-state index in [0.29, 0.717) is 12.8 Å². The zero-order chi connectivity index (χ0) is 14.4. The van der Waals surface area contributed by atoms with Crippen molar-refractivity contribution in [2.24, 2.45) is 5.92 Å². The minimum Gasteiger partial charge on any atom is -0.467 e. The van der Waals surface area contributed by atoms with E-state index in [4.69, 9.17) is 9.47 Å². The van der Waals surface area contributed by atoms with Gasteiger partial charge in [0.1, 0.15) is 11.6 Å². The van der Waals surface area contributed by atoms with Gasteiger partial charge in [0.2, 0.25) is 0 Å². The summed E-state index contributed by atoms with van der Waals surface area (Å²) in [6.45, 7) is 5.34. The van der Waals surface area contributed by atoms with Gasteiger partial charge in [-0.05, 0) is 33.6 Å². The molecule has 0 spiro atoms. The number of amides is 1. The van der Waals surface area contributed by atoms with Gasteiger partial charge < -0.3 is 14.6 Å². The molecule has 2 rings (SSSR count). The van der Waals surface area contributed by atoms with E-state index < -0.39 is 29.8 Å². The largest absolute Gasteiger partial charge is 0.467 e. The SMILES string of the molecule is COC(=O)[C@@H]1[C@@H]2C[C@@H](CC2O)N1C(=O)OC(C)(C)C. The topological polar surface area (TPSA) is 76.1 Å². The molecule has 6 nitrogen and oxygen atoms in total. The van der Waals surface area contributed by atoms with Crippen LogP contribution < -0.4 is 0 Å². The highest BCUT2D eigenvalue weighted by Gasteiger charge is 2.57. The third kappa shape index (κ3) is 2.54. The van der Waals surface area contributed by atoms with Gasteiger partial charge in [-0.3, -0.25) is 4.90 Å². The Kier molecular flexibility index (Phi) is 3.47. The van der Waals surface area contributed by atoms with Crippen molar-refractivity contribution in [2.75, 3.05) is 7.11 Å². The lowest BCUT2D eigenvalue weighted by Gasteiger charge is -2.36. The third-order valence-corrected chi connectivity index (χ3v) is 3.70. The summed E-state index contributed by atoms with van der Waals surface area (Å²) in [5.41, 5.74) is -0.613. The van der Waals surface area contributed by atoms with Crippen LogP contribution in [0.25, 0.3) is 0 Å². The van der Waals surface area contributed by atoms with Gasteiger partial charge in [0.05, 0.1) is 13.2 Å². The first-order valence-electron chi connectivity index (χ1n) is 6.52. The van der Waals surface area contributed by atoms with Crippen LogP contribution in [-0.2, 0) is 14.3 Å². The van der Waals surface area contributed by atoms with Crippen molar-refractivity contribution in [3.63, 3.8) is 0 Å². The molecule has 19 heavy (non-hydrogen) atoms. The van der Waals surface area contributed by atoms with Crippen LogP contribution >= 0.6 is 0 Å². The van der Waals surface area contributed by atoms with Gasteiger partial charge in [0.25, 0.3) is 0 Å². The molecule has 1 N–H and O–H groups in total. The lowest BCUT2D eigenvalue weighted by atomic mass is 9.96. The third-order valence-electron chi connectivity index (χ3n) is 3.70. The second kappa shape index (κ2) is 4.67. The summed E-state index contributed by atoms with van der Waals surface area (Å²) in [5.74, 6) is -0.734. The normalized spacial score (nSPS) is 33.4. The Bertz CT molecular complexity index is 389. The molecule has 1 unspecified atom stereocenters. The van der Waals surface area contributed by atoms with Crippen molar-refractivity contribution >= 4 is 12.1 Å². The highest BCUT2D eigenvalue weighted by molar-refractivity contribution is 5.83. The van der Waals surface area contributed by atoms with Gasteiger partial charge in [0, 0.05) is 12.0 Å². The van der Waals surface area contributed by atoms with Gasteiger partial charge in [-0.2, -0.15) is 0 Å². The first-order valence-corrected chi connectivity index (χ1v) is 6.52. The smallest absolute Gasteiger partial charge is 0.411 e. The molecule has 1 saturated heterocycles. The van der Waals surface area contributed by atoms with Crippen molar-refractivity contribution < 1.29 is 24.2 Å². The number of fused-ring (bicyclic) bond motifs is 2. The summed E-state index contributed by atoms with van der Waals surface area (Å²) < 4.78 is 10.1. The van der Waals surface area contributed by atoms with Crippen LogP contribution in [0, 0.1) is 5.92 Å². The number of nitrogens with zero attached hydrogens (tertiary/aromatic N) is 1. The molecular weight excluding hydrogens is 250 g/mol. The number of rotatable bonds is 1. The fraction of sp³-hybridized carbons (Fsp3) is 0.846. The summed E-state index contributed by atoms with van der Waals surface area (Å²) in [6.07, 6.45) is 0.0625. The zero-order valence-corrected chi connectivity index (χ0v) is 11.8. The van der Waals surface area contributed by atoms with Crippen molar-refractivity contribution in [3.05, 3.63) is 0 Å². The number of carbonyl (C=O) groups is 2. The molecular formula is C13H21NO5. The van der Waals surface area contributed by atoms with Crippen molar-refractivity contribution in [1.82, 2.24) is 4.90 Å². The quantitative estimate of drug-likeness (QED) is 0.718. The fourth-order valence-corrected chi connectivity index (χ4v) is 3.01. The number of hydrogen-bond acceptors (Lipinski definition) is 5. The van der Waals surface area contributed by atoms with Gasteiger partial charge in [-0.25, -0.2) is 9.59 Å². The Morgan fingerprint density at radius 2 is 1.89 bits per heavy atom. The number of aliphatic hydroxyl groups is 1. The van der Waals surface area contributed by atoms with Crippen LogP contribution in [0.15, 0.2) is 0 Å². The monoisotopic (exact) mass is 271 g/mol.